The molecule has 4 rings (SSSR count). The number of carbonyl (C=O) groups excluding carboxylic acids is 1. The van der Waals surface area contributed by atoms with Crippen molar-refractivity contribution in [3.63, 3.8) is 0 Å². The molecule has 0 aliphatic carbocycles. The van der Waals surface area contributed by atoms with E-state index < -0.39 is 0 Å². The average molecular weight is 378 g/mol. The van der Waals surface area contributed by atoms with Crippen LogP contribution >= 0.6 is 0 Å². The molecule has 7 nitrogen and oxygen atoms in total. The number of aromatic amines is 2. The quantitative estimate of drug-likeness (QED) is 0.646. The summed E-state index contributed by atoms with van der Waals surface area (Å²) in [6.07, 6.45) is 1.32. The minimum Gasteiger partial charge on any atom is -0.392 e. The molecule has 1 aliphatic heterocycles. The van der Waals surface area contributed by atoms with Gasteiger partial charge in [-0.1, -0.05) is 25.1 Å². The Labute approximate surface area is 162 Å². The molecule has 3 heterocycles. The van der Waals surface area contributed by atoms with Gasteiger partial charge in [0.25, 0.3) is 5.91 Å². The summed E-state index contributed by atoms with van der Waals surface area (Å²) in [4.78, 5) is 37.2. The summed E-state index contributed by atoms with van der Waals surface area (Å²) >= 11 is 0. The molecule has 1 aliphatic rings. The van der Waals surface area contributed by atoms with Gasteiger partial charge in [-0.3, -0.25) is 9.59 Å². The van der Waals surface area contributed by atoms with Crippen LogP contribution in [0.1, 0.15) is 39.9 Å². The standard InChI is InChI=1S/C21H22N4O3/c1-2-16-9-15(10-19(27)22-16)21(28)25-7-6-17-18(11-25)24-20(23-17)14-5-3-4-13(8-14)12-26/h3-5,8-10,26H,2,6-7,11-12H2,1H3,(H,22,27)(H,23,24). The molecule has 0 spiro atoms. The zero-order chi connectivity index (χ0) is 19.7. The van der Waals surface area contributed by atoms with Crippen molar-refractivity contribution < 1.29 is 9.90 Å². The molecule has 0 fully saturated rings. The van der Waals surface area contributed by atoms with Crippen LogP contribution in [0.3, 0.4) is 0 Å². The maximum Gasteiger partial charge on any atom is 0.254 e. The van der Waals surface area contributed by atoms with E-state index in [4.69, 9.17) is 0 Å². The minimum atomic E-state index is -0.256. The second-order valence-electron chi connectivity index (χ2n) is 6.96. The van der Waals surface area contributed by atoms with E-state index in [2.05, 4.69) is 15.0 Å². The Kier molecular flexibility index (Phi) is 4.83. The lowest BCUT2D eigenvalue weighted by Gasteiger charge is -2.26. The summed E-state index contributed by atoms with van der Waals surface area (Å²) in [6.45, 7) is 2.90. The van der Waals surface area contributed by atoms with Gasteiger partial charge >= 0.3 is 0 Å². The molecule has 0 atom stereocenters. The van der Waals surface area contributed by atoms with Crippen molar-refractivity contribution in [2.45, 2.75) is 32.9 Å². The second kappa shape index (κ2) is 7.44. The lowest BCUT2D eigenvalue weighted by molar-refractivity contribution is 0.0731. The topological polar surface area (TPSA) is 102 Å². The molecule has 0 unspecified atom stereocenters. The van der Waals surface area contributed by atoms with Gasteiger partial charge in [0, 0.05) is 35.9 Å². The monoisotopic (exact) mass is 378 g/mol. The molecular formula is C21H22N4O3. The number of amides is 1. The molecule has 0 saturated heterocycles. The van der Waals surface area contributed by atoms with Crippen LogP contribution in [0.25, 0.3) is 11.4 Å². The van der Waals surface area contributed by atoms with Gasteiger partial charge in [0.15, 0.2) is 0 Å². The molecule has 1 aromatic carbocycles. The minimum absolute atomic E-state index is 0.0213. The Bertz CT molecular complexity index is 1080. The van der Waals surface area contributed by atoms with Gasteiger partial charge in [0.05, 0.1) is 24.5 Å². The van der Waals surface area contributed by atoms with Crippen molar-refractivity contribution in [2.75, 3.05) is 6.54 Å². The molecule has 1 amide bonds. The van der Waals surface area contributed by atoms with Gasteiger partial charge < -0.3 is 20.0 Å². The molecule has 0 bridgehead atoms. The van der Waals surface area contributed by atoms with Crippen molar-refractivity contribution in [3.8, 4) is 11.4 Å². The first kappa shape index (κ1) is 18.2. The van der Waals surface area contributed by atoms with Crippen molar-refractivity contribution >= 4 is 5.91 Å². The maximum absolute atomic E-state index is 12.9. The van der Waals surface area contributed by atoms with E-state index in [-0.39, 0.29) is 18.1 Å². The fourth-order valence-corrected chi connectivity index (χ4v) is 3.52. The molecule has 3 aromatic rings. The zero-order valence-corrected chi connectivity index (χ0v) is 15.7. The largest absolute Gasteiger partial charge is 0.392 e. The molecule has 0 saturated carbocycles. The number of pyridine rings is 1. The van der Waals surface area contributed by atoms with Crippen LogP contribution in [0.2, 0.25) is 0 Å². The third-order valence-corrected chi connectivity index (χ3v) is 5.03. The highest BCUT2D eigenvalue weighted by Gasteiger charge is 2.25. The normalized spacial score (nSPS) is 13.4. The lowest BCUT2D eigenvalue weighted by Crippen LogP contribution is -2.36. The molecule has 2 aromatic heterocycles. The van der Waals surface area contributed by atoms with Crippen molar-refractivity contribution in [3.05, 3.63) is 75.0 Å². The molecule has 3 N–H and O–H groups in total. The van der Waals surface area contributed by atoms with Gasteiger partial charge in [0.1, 0.15) is 5.82 Å². The predicted octanol–water partition coefficient (Wildman–Crippen LogP) is 2.02. The number of aliphatic hydroxyl groups is 1. The number of hydrogen-bond donors (Lipinski definition) is 3. The van der Waals surface area contributed by atoms with Crippen LogP contribution in [0.15, 0.2) is 41.2 Å². The average Bonchev–Trinajstić information content (AvgIpc) is 3.16. The highest BCUT2D eigenvalue weighted by atomic mass is 16.3. The Hall–Kier alpha value is -3.19. The summed E-state index contributed by atoms with van der Waals surface area (Å²) in [7, 11) is 0. The smallest absolute Gasteiger partial charge is 0.254 e. The van der Waals surface area contributed by atoms with E-state index in [0.29, 0.717) is 31.5 Å². The van der Waals surface area contributed by atoms with Crippen LogP contribution in [0, 0.1) is 0 Å². The summed E-state index contributed by atoms with van der Waals surface area (Å²) in [6, 6.07) is 10.7. The summed E-state index contributed by atoms with van der Waals surface area (Å²) in [5.41, 5.74) is 4.50. The van der Waals surface area contributed by atoms with Gasteiger partial charge in [-0.2, -0.15) is 0 Å². The number of H-pyrrole nitrogens is 2. The third-order valence-electron chi connectivity index (χ3n) is 5.03. The zero-order valence-electron chi connectivity index (χ0n) is 15.7. The first-order valence-corrected chi connectivity index (χ1v) is 9.38. The van der Waals surface area contributed by atoms with Crippen LogP contribution in [-0.2, 0) is 26.0 Å². The fraction of sp³-hybridized carbons (Fsp3) is 0.286. The van der Waals surface area contributed by atoms with E-state index in [9.17, 15) is 14.7 Å². The molecule has 0 radical (unpaired) electrons. The number of nitrogens with zero attached hydrogens (tertiary/aromatic N) is 2. The van der Waals surface area contributed by atoms with Crippen molar-refractivity contribution in [1.29, 1.82) is 0 Å². The van der Waals surface area contributed by atoms with Crippen molar-refractivity contribution in [2.24, 2.45) is 0 Å². The van der Waals surface area contributed by atoms with E-state index in [1.165, 1.54) is 6.07 Å². The van der Waals surface area contributed by atoms with Crippen LogP contribution < -0.4 is 5.56 Å². The highest BCUT2D eigenvalue weighted by Crippen LogP contribution is 2.24. The Morgan fingerprint density at radius 3 is 2.89 bits per heavy atom. The van der Waals surface area contributed by atoms with E-state index in [0.717, 1.165) is 34.0 Å². The van der Waals surface area contributed by atoms with E-state index in [1.807, 2.05) is 31.2 Å². The number of benzene rings is 1. The van der Waals surface area contributed by atoms with E-state index in [1.54, 1.807) is 11.0 Å². The summed E-state index contributed by atoms with van der Waals surface area (Å²) < 4.78 is 0. The third kappa shape index (κ3) is 3.48. The highest BCUT2D eigenvalue weighted by molar-refractivity contribution is 5.94. The number of aliphatic hydroxyl groups excluding tert-OH is 1. The maximum atomic E-state index is 12.9. The van der Waals surface area contributed by atoms with Crippen LogP contribution in [0.5, 0.6) is 0 Å². The Morgan fingerprint density at radius 2 is 2.11 bits per heavy atom. The van der Waals surface area contributed by atoms with E-state index >= 15 is 0 Å². The Balaban J connectivity index is 1.58. The number of carbonyl (C=O) groups is 1. The first-order valence-electron chi connectivity index (χ1n) is 9.38. The second-order valence-corrected chi connectivity index (χ2v) is 6.96. The number of hydrogen-bond acceptors (Lipinski definition) is 4. The summed E-state index contributed by atoms with van der Waals surface area (Å²) in [5, 5.41) is 9.33. The molecule has 7 heteroatoms. The molecule has 144 valence electrons. The SMILES string of the molecule is CCc1cc(C(=O)N2CCc3nc(-c4cccc(CO)c4)[nH]c3C2)cc(=O)[nH]1. The van der Waals surface area contributed by atoms with Crippen LogP contribution in [-0.4, -0.2) is 37.4 Å². The number of aromatic nitrogens is 3. The van der Waals surface area contributed by atoms with Crippen LogP contribution in [0.4, 0.5) is 0 Å². The van der Waals surface area contributed by atoms with Gasteiger partial charge in [-0.15, -0.1) is 0 Å². The van der Waals surface area contributed by atoms with Crippen molar-refractivity contribution in [1.82, 2.24) is 19.9 Å². The van der Waals surface area contributed by atoms with Gasteiger partial charge in [-0.05, 0) is 24.1 Å². The fourth-order valence-electron chi connectivity index (χ4n) is 3.52. The Morgan fingerprint density at radius 1 is 1.25 bits per heavy atom. The number of fused-ring (bicyclic) bond motifs is 1. The number of rotatable bonds is 4. The molecule has 28 heavy (non-hydrogen) atoms. The number of nitrogens with one attached hydrogen (secondary N) is 2. The first-order chi connectivity index (χ1) is 13.6. The number of aryl methyl sites for hydroxylation is 1. The van der Waals surface area contributed by atoms with Gasteiger partial charge in [0.2, 0.25) is 5.56 Å². The molecular weight excluding hydrogens is 356 g/mol. The predicted molar refractivity (Wildman–Crippen MR) is 105 cm³/mol. The van der Waals surface area contributed by atoms with Gasteiger partial charge in [-0.25, -0.2) is 4.98 Å². The number of imidazole rings is 1. The summed E-state index contributed by atoms with van der Waals surface area (Å²) in [5.74, 6) is 0.587. The lowest BCUT2D eigenvalue weighted by atomic mass is 10.1.